The fraction of sp³-hybridized carbons (Fsp3) is 0.471. The molecule has 1 N–H and O–H groups in total. The molecule has 2 aliphatic rings. The maximum atomic E-state index is 12.4. The third kappa shape index (κ3) is 3.20. The molecule has 1 fully saturated rings. The molecular formula is C17H21N3O4. The quantitative estimate of drug-likeness (QED) is 0.856. The number of rotatable bonds is 1. The van der Waals surface area contributed by atoms with E-state index in [9.17, 15) is 14.4 Å². The highest BCUT2D eigenvalue weighted by Gasteiger charge is 2.32. The van der Waals surface area contributed by atoms with E-state index >= 15 is 0 Å². The van der Waals surface area contributed by atoms with Crippen molar-refractivity contribution in [1.82, 2.24) is 4.90 Å². The van der Waals surface area contributed by atoms with E-state index in [1.807, 2.05) is 0 Å². The van der Waals surface area contributed by atoms with Gasteiger partial charge in [0.15, 0.2) is 0 Å². The number of hydrogen-bond acceptors (Lipinski definition) is 4. The first-order chi connectivity index (χ1) is 11.2. The summed E-state index contributed by atoms with van der Waals surface area (Å²) >= 11 is 0. The standard InChI is InChI=1S/C17H21N3O4/c1-17(2,3)24-16(23)20-10-14(21)18-12-6-5-11(9-13(12)20)15(22)19-7-4-8-19/h5-6,9H,4,7-8,10H2,1-3H3,(H,18,21). The van der Waals surface area contributed by atoms with Crippen molar-refractivity contribution in [1.29, 1.82) is 0 Å². The minimum atomic E-state index is -0.670. The van der Waals surface area contributed by atoms with Gasteiger partial charge in [-0.1, -0.05) is 0 Å². The summed E-state index contributed by atoms with van der Waals surface area (Å²) in [4.78, 5) is 39.7. The van der Waals surface area contributed by atoms with Crippen molar-refractivity contribution in [3.63, 3.8) is 0 Å². The summed E-state index contributed by atoms with van der Waals surface area (Å²) in [6, 6.07) is 4.95. The molecule has 128 valence electrons. The van der Waals surface area contributed by atoms with Crippen LogP contribution in [0.2, 0.25) is 0 Å². The number of fused-ring (bicyclic) bond motifs is 1. The summed E-state index contributed by atoms with van der Waals surface area (Å²) in [6.45, 7) is 6.66. The maximum Gasteiger partial charge on any atom is 0.415 e. The number of carbonyl (C=O) groups is 3. The molecule has 3 amide bonds. The van der Waals surface area contributed by atoms with Gasteiger partial charge in [-0.25, -0.2) is 4.79 Å². The Morgan fingerprint density at radius 2 is 1.92 bits per heavy atom. The van der Waals surface area contributed by atoms with E-state index in [1.165, 1.54) is 4.90 Å². The van der Waals surface area contributed by atoms with E-state index in [1.54, 1.807) is 43.9 Å². The topological polar surface area (TPSA) is 79.0 Å². The molecule has 0 saturated carbocycles. The minimum Gasteiger partial charge on any atom is -0.443 e. The Balaban J connectivity index is 1.92. The van der Waals surface area contributed by atoms with Gasteiger partial charge in [0.1, 0.15) is 12.1 Å². The molecule has 0 unspecified atom stereocenters. The van der Waals surface area contributed by atoms with Gasteiger partial charge in [0, 0.05) is 18.7 Å². The monoisotopic (exact) mass is 331 g/mol. The zero-order valence-electron chi connectivity index (χ0n) is 14.1. The Labute approximate surface area is 140 Å². The Morgan fingerprint density at radius 3 is 2.50 bits per heavy atom. The van der Waals surface area contributed by atoms with Crippen LogP contribution >= 0.6 is 0 Å². The van der Waals surface area contributed by atoms with Gasteiger partial charge in [0.2, 0.25) is 5.91 Å². The SMILES string of the molecule is CC(C)(C)OC(=O)N1CC(=O)Nc2ccc(C(=O)N3CCC3)cc21. The molecule has 7 nitrogen and oxygen atoms in total. The van der Waals surface area contributed by atoms with E-state index in [0.717, 1.165) is 19.5 Å². The van der Waals surface area contributed by atoms with Gasteiger partial charge >= 0.3 is 6.09 Å². The van der Waals surface area contributed by atoms with Crippen LogP contribution in [0.4, 0.5) is 16.2 Å². The van der Waals surface area contributed by atoms with Crippen molar-refractivity contribution < 1.29 is 19.1 Å². The van der Waals surface area contributed by atoms with Crippen LogP contribution in [0, 0.1) is 0 Å². The molecule has 1 saturated heterocycles. The largest absolute Gasteiger partial charge is 0.443 e. The number of nitrogens with one attached hydrogen (secondary N) is 1. The highest BCUT2D eigenvalue weighted by atomic mass is 16.6. The molecular weight excluding hydrogens is 310 g/mol. The van der Waals surface area contributed by atoms with Crippen LogP contribution in [-0.2, 0) is 9.53 Å². The normalized spacial score (nSPS) is 16.9. The second-order valence-electron chi connectivity index (χ2n) is 6.99. The molecule has 0 atom stereocenters. The molecule has 0 aromatic heterocycles. The van der Waals surface area contributed by atoms with E-state index < -0.39 is 11.7 Å². The number of amides is 3. The Morgan fingerprint density at radius 1 is 1.21 bits per heavy atom. The van der Waals surface area contributed by atoms with Gasteiger partial charge in [0.25, 0.3) is 5.91 Å². The van der Waals surface area contributed by atoms with E-state index in [0.29, 0.717) is 16.9 Å². The first-order valence-electron chi connectivity index (χ1n) is 7.98. The van der Waals surface area contributed by atoms with Crippen LogP contribution in [-0.4, -0.2) is 48.0 Å². The predicted molar refractivity (Wildman–Crippen MR) is 89.2 cm³/mol. The van der Waals surface area contributed by atoms with Crippen molar-refractivity contribution >= 4 is 29.3 Å². The summed E-state index contributed by atoms with van der Waals surface area (Å²) in [5.41, 5.74) is 0.807. The third-order valence-electron chi connectivity index (χ3n) is 3.87. The van der Waals surface area contributed by atoms with Crippen LogP contribution < -0.4 is 10.2 Å². The van der Waals surface area contributed by atoms with Crippen molar-refractivity contribution in [2.75, 3.05) is 29.9 Å². The second-order valence-corrected chi connectivity index (χ2v) is 6.99. The highest BCUT2D eigenvalue weighted by Crippen LogP contribution is 2.32. The van der Waals surface area contributed by atoms with Crippen LogP contribution in [0.5, 0.6) is 0 Å². The van der Waals surface area contributed by atoms with Gasteiger partial charge in [-0.3, -0.25) is 14.5 Å². The fourth-order valence-corrected chi connectivity index (χ4v) is 2.59. The zero-order chi connectivity index (χ0) is 17.5. The average molecular weight is 331 g/mol. The summed E-state index contributed by atoms with van der Waals surface area (Å²) in [7, 11) is 0. The molecule has 0 bridgehead atoms. The highest BCUT2D eigenvalue weighted by molar-refractivity contribution is 6.09. The molecule has 0 aliphatic carbocycles. The Kier molecular flexibility index (Phi) is 3.95. The molecule has 0 spiro atoms. The van der Waals surface area contributed by atoms with Crippen LogP contribution in [0.15, 0.2) is 18.2 Å². The summed E-state index contributed by atoms with van der Waals surface area (Å²) < 4.78 is 5.37. The van der Waals surface area contributed by atoms with Crippen LogP contribution in [0.1, 0.15) is 37.6 Å². The maximum absolute atomic E-state index is 12.4. The van der Waals surface area contributed by atoms with E-state index in [2.05, 4.69) is 5.32 Å². The zero-order valence-corrected chi connectivity index (χ0v) is 14.1. The predicted octanol–water partition coefficient (Wildman–Crippen LogP) is 2.23. The fourth-order valence-electron chi connectivity index (χ4n) is 2.59. The summed E-state index contributed by atoms with van der Waals surface area (Å²) in [5, 5.41) is 2.72. The van der Waals surface area contributed by atoms with Crippen molar-refractivity contribution in [2.45, 2.75) is 32.8 Å². The smallest absolute Gasteiger partial charge is 0.415 e. The van der Waals surface area contributed by atoms with Crippen molar-refractivity contribution in [3.8, 4) is 0 Å². The van der Waals surface area contributed by atoms with Crippen LogP contribution in [0.3, 0.4) is 0 Å². The lowest BCUT2D eigenvalue weighted by molar-refractivity contribution is -0.115. The number of carbonyl (C=O) groups excluding carboxylic acids is 3. The number of nitrogens with zero attached hydrogens (tertiary/aromatic N) is 2. The first kappa shape index (κ1) is 16.3. The molecule has 7 heteroatoms. The van der Waals surface area contributed by atoms with Gasteiger partial charge < -0.3 is 15.0 Å². The lowest BCUT2D eigenvalue weighted by atomic mass is 10.1. The molecule has 3 rings (SSSR count). The Bertz CT molecular complexity index is 704. The molecule has 1 aromatic carbocycles. The number of likely N-dealkylation sites (tertiary alicyclic amines) is 1. The van der Waals surface area contributed by atoms with Crippen LogP contribution in [0.25, 0.3) is 0 Å². The average Bonchev–Trinajstić information content (AvgIpc) is 2.42. The van der Waals surface area contributed by atoms with Gasteiger partial charge in [-0.15, -0.1) is 0 Å². The molecule has 1 aromatic rings. The first-order valence-corrected chi connectivity index (χ1v) is 7.98. The minimum absolute atomic E-state index is 0.0647. The van der Waals surface area contributed by atoms with Crippen molar-refractivity contribution in [3.05, 3.63) is 23.8 Å². The van der Waals surface area contributed by atoms with Gasteiger partial charge in [0.05, 0.1) is 11.4 Å². The van der Waals surface area contributed by atoms with Gasteiger partial charge in [-0.05, 0) is 45.4 Å². The summed E-state index contributed by atoms with van der Waals surface area (Å²) in [5.74, 6) is -0.361. The number of anilines is 2. The lowest BCUT2D eigenvalue weighted by Gasteiger charge is -2.33. The summed E-state index contributed by atoms with van der Waals surface area (Å²) in [6.07, 6.45) is 0.406. The van der Waals surface area contributed by atoms with Gasteiger partial charge in [-0.2, -0.15) is 0 Å². The van der Waals surface area contributed by atoms with E-state index in [-0.39, 0.29) is 18.4 Å². The number of hydrogen-bond donors (Lipinski definition) is 1. The number of benzene rings is 1. The molecule has 24 heavy (non-hydrogen) atoms. The molecule has 2 aliphatic heterocycles. The van der Waals surface area contributed by atoms with Crippen molar-refractivity contribution in [2.24, 2.45) is 0 Å². The second kappa shape index (κ2) is 5.81. The lowest BCUT2D eigenvalue weighted by Crippen LogP contribution is -2.45. The Hall–Kier alpha value is -2.57. The third-order valence-corrected chi connectivity index (χ3v) is 3.87. The molecule has 2 heterocycles. The number of ether oxygens (including phenoxy) is 1. The van der Waals surface area contributed by atoms with E-state index in [4.69, 9.17) is 4.74 Å². The molecule has 0 radical (unpaired) electrons.